The van der Waals surface area contributed by atoms with Gasteiger partial charge in [0.1, 0.15) is 0 Å². The first kappa shape index (κ1) is 11.4. The number of rotatable bonds is 3. The van der Waals surface area contributed by atoms with Crippen LogP contribution in [0.1, 0.15) is 26.2 Å². The fraction of sp³-hybridized carbons (Fsp3) is 1.00. The van der Waals surface area contributed by atoms with Crippen molar-refractivity contribution in [2.75, 3.05) is 32.9 Å². The van der Waals surface area contributed by atoms with Crippen molar-refractivity contribution in [2.45, 2.75) is 32.2 Å². The molecule has 0 amide bonds. The average Bonchev–Trinajstić information content (AvgIpc) is 2.78. The molecule has 0 aliphatic carbocycles. The van der Waals surface area contributed by atoms with Crippen LogP contribution in [0.15, 0.2) is 0 Å². The fourth-order valence-corrected chi connectivity index (χ4v) is 2.88. The third kappa shape index (κ3) is 2.71. The van der Waals surface area contributed by atoms with Crippen LogP contribution >= 0.6 is 0 Å². The highest BCUT2D eigenvalue weighted by molar-refractivity contribution is 4.83. The van der Waals surface area contributed by atoms with E-state index in [1.807, 2.05) is 0 Å². The SMILES string of the molecule is CC(C1CCOCC1)N1CCC(CO)C1. The van der Waals surface area contributed by atoms with Gasteiger partial charge in [0.2, 0.25) is 0 Å². The molecule has 0 bridgehead atoms. The highest BCUT2D eigenvalue weighted by Crippen LogP contribution is 2.26. The smallest absolute Gasteiger partial charge is 0.0471 e. The summed E-state index contributed by atoms with van der Waals surface area (Å²) in [5.41, 5.74) is 0. The van der Waals surface area contributed by atoms with Gasteiger partial charge < -0.3 is 14.7 Å². The summed E-state index contributed by atoms with van der Waals surface area (Å²) in [7, 11) is 0. The fourth-order valence-electron chi connectivity index (χ4n) is 2.88. The molecule has 0 saturated carbocycles. The maximum atomic E-state index is 9.13. The van der Waals surface area contributed by atoms with Crippen molar-refractivity contribution in [2.24, 2.45) is 11.8 Å². The second kappa shape index (κ2) is 5.28. The lowest BCUT2D eigenvalue weighted by molar-refractivity contribution is 0.0342. The van der Waals surface area contributed by atoms with E-state index in [9.17, 15) is 0 Å². The number of likely N-dealkylation sites (tertiary alicyclic amines) is 1. The summed E-state index contributed by atoms with van der Waals surface area (Å²) in [6.07, 6.45) is 3.59. The third-order valence-electron chi connectivity index (χ3n) is 4.10. The molecule has 0 spiro atoms. The molecule has 2 atom stereocenters. The number of nitrogens with zero attached hydrogens (tertiary/aromatic N) is 1. The maximum absolute atomic E-state index is 9.13. The highest BCUT2D eigenvalue weighted by atomic mass is 16.5. The number of hydrogen-bond acceptors (Lipinski definition) is 3. The lowest BCUT2D eigenvalue weighted by Crippen LogP contribution is -2.39. The van der Waals surface area contributed by atoms with Crippen molar-refractivity contribution in [1.29, 1.82) is 0 Å². The molecule has 3 heteroatoms. The Morgan fingerprint density at radius 2 is 2.07 bits per heavy atom. The Kier molecular flexibility index (Phi) is 4.00. The average molecular weight is 213 g/mol. The van der Waals surface area contributed by atoms with Gasteiger partial charge in [-0.25, -0.2) is 0 Å². The minimum Gasteiger partial charge on any atom is -0.396 e. The first-order valence-corrected chi connectivity index (χ1v) is 6.24. The van der Waals surface area contributed by atoms with Crippen molar-refractivity contribution >= 4 is 0 Å². The number of aliphatic hydroxyl groups is 1. The van der Waals surface area contributed by atoms with E-state index in [1.165, 1.54) is 25.8 Å². The molecular weight excluding hydrogens is 190 g/mol. The van der Waals surface area contributed by atoms with Gasteiger partial charge in [0.25, 0.3) is 0 Å². The van der Waals surface area contributed by atoms with Crippen LogP contribution in [0.3, 0.4) is 0 Å². The molecule has 2 saturated heterocycles. The summed E-state index contributed by atoms with van der Waals surface area (Å²) in [6.45, 7) is 6.84. The van der Waals surface area contributed by atoms with Gasteiger partial charge in [-0.05, 0) is 44.6 Å². The van der Waals surface area contributed by atoms with E-state index in [4.69, 9.17) is 9.84 Å². The Balaban J connectivity index is 1.82. The van der Waals surface area contributed by atoms with Gasteiger partial charge in [-0.3, -0.25) is 0 Å². The van der Waals surface area contributed by atoms with Gasteiger partial charge in [-0.2, -0.15) is 0 Å². The monoisotopic (exact) mass is 213 g/mol. The second-order valence-corrected chi connectivity index (χ2v) is 5.02. The predicted molar refractivity (Wildman–Crippen MR) is 59.8 cm³/mol. The van der Waals surface area contributed by atoms with Crippen LogP contribution in [0.4, 0.5) is 0 Å². The van der Waals surface area contributed by atoms with Gasteiger partial charge in [0, 0.05) is 32.4 Å². The normalized spacial score (nSPS) is 32.0. The Morgan fingerprint density at radius 3 is 2.67 bits per heavy atom. The predicted octanol–water partition coefficient (Wildman–Crippen LogP) is 1.12. The van der Waals surface area contributed by atoms with Gasteiger partial charge in [-0.15, -0.1) is 0 Å². The number of hydrogen-bond donors (Lipinski definition) is 1. The van der Waals surface area contributed by atoms with Crippen LogP contribution < -0.4 is 0 Å². The topological polar surface area (TPSA) is 32.7 Å². The Morgan fingerprint density at radius 1 is 1.33 bits per heavy atom. The Labute approximate surface area is 92.4 Å². The Hall–Kier alpha value is -0.120. The zero-order chi connectivity index (χ0) is 10.7. The summed E-state index contributed by atoms with van der Waals surface area (Å²) in [4.78, 5) is 2.55. The molecule has 3 nitrogen and oxygen atoms in total. The van der Waals surface area contributed by atoms with E-state index in [1.54, 1.807) is 0 Å². The van der Waals surface area contributed by atoms with E-state index < -0.39 is 0 Å². The van der Waals surface area contributed by atoms with E-state index in [2.05, 4.69) is 11.8 Å². The Bertz CT molecular complexity index is 192. The second-order valence-electron chi connectivity index (χ2n) is 5.02. The highest BCUT2D eigenvalue weighted by Gasteiger charge is 2.30. The summed E-state index contributed by atoms with van der Waals surface area (Å²) >= 11 is 0. The van der Waals surface area contributed by atoms with Crippen molar-refractivity contribution < 1.29 is 9.84 Å². The molecule has 2 unspecified atom stereocenters. The molecule has 0 radical (unpaired) electrons. The molecule has 0 aromatic heterocycles. The van der Waals surface area contributed by atoms with E-state index in [-0.39, 0.29) is 0 Å². The minimum absolute atomic E-state index is 0.358. The maximum Gasteiger partial charge on any atom is 0.0471 e. The largest absolute Gasteiger partial charge is 0.396 e. The lowest BCUT2D eigenvalue weighted by Gasteiger charge is -2.34. The number of aliphatic hydroxyl groups excluding tert-OH is 1. The van der Waals surface area contributed by atoms with Crippen LogP contribution in [-0.4, -0.2) is 49.0 Å². The van der Waals surface area contributed by atoms with Crippen LogP contribution in [0.2, 0.25) is 0 Å². The summed E-state index contributed by atoms with van der Waals surface area (Å²) in [5.74, 6) is 1.32. The van der Waals surface area contributed by atoms with Crippen LogP contribution in [0.25, 0.3) is 0 Å². The van der Waals surface area contributed by atoms with E-state index in [0.29, 0.717) is 18.6 Å². The molecule has 2 fully saturated rings. The van der Waals surface area contributed by atoms with Crippen molar-refractivity contribution in [3.8, 4) is 0 Å². The van der Waals surface area contributed by atoms with Crippen molar-refractivity contribution in [1.82, 2.24) is 4.90 Å². The molecule has 2 aliphatic heterocycles. The molecule has 88 valence electrons. The molecule has 1 N–H and O–H groups in total. The summed E-state index contributed by atoms with van der Waals surface area (Å²) in [5, 5.41) is 9.13. The quantitative estimate of drug-likeness (QED) is 0.762. The van der Waals surface area contributed by atoms with E-state index in [0.717, 1.165) is 25.7 Å². The van der Waals surface area contributed by atoms with Crippen molar-refractivity contribution in [3.05, 3.63) is 0 Å². The van der Waals surface area contributed by atoms with Crippen LogP contribution in [-0.2, 0) is 4.74 Å². The first-order chi connectivity index (χ1) is 7.31. The molecule has 2 heterocycles. The van der Waals surface area contributed by atoms with Gasteiger partial charge in [0.05, 0.1) is 0 Å². The van der Waals surface area contributed by atoms with Gasteiger partial charge in [0.15, 0.2) is 0 Å². The molecular formula is C12H23NO2. The third-order valence-corrected chi connectivity index (χ3v) is 4.10. The van der Waals surface area contributed by atoms with Crippen molar-refractivity contribution in [3.63, 3.8) is 0 Å². The zero-order valence-corrected chi connectivity index (χ0v) is 9.69. The molecule has 2 aliphatic rings. The van der Waals surface area contributed by atoms with Crippen LogP contribution in [0, 0.1) is 11.8 Å². The van der Waals surface area contributed by atoms with Gasteiger partial charge >= 0.3 is 0 Å². The molecule has 15 heavy (non-hydrogen) atoms. The summed E-state index contributed by atoms with van der Waals surface area (Å²) < 4.78 is 5.40. The molecule has 0 aromatic rings. The number of ether oxygens (including phenoxy) is 1. The zero-order valence-electron chi connectivity index (χ0n) is 9.69. The lowest BCUT2D eigenvalue weighted by atomic mass is 9.92. The van der Waals surface area contributed by atoms with Gasteiger partial charge in [-0.1, -0.05) is 0 Å². The minimum atomic E-state index is 0.358. The first-order valence-electron chi connectivity index (χ1n) is 6.24. The van der Waals surface area contributed by atoms with Crippen LogP contribution in [0.5, 0.6) is 0 Å². The summed E-state index contributed by atoms with van der Waals surface area (Å²) in [6, 6.07) is 0.672. The molecule has 2 rings (SSSR count). The standard InChI is InChI=1S/C12H23NO2/c1-10(12-3-6-15-7-4-12)13-5-2-11(8-13)9-14/h10-12,14H,2-9H2,1H3. The molecule has 0 aromatic carbocycles. The van der Waals surface area contributed by atoms with E-state index >= 15 is 0 Å².